The second-order valence-electron chi connectivity index (χ2n) is 8.18. The molecule has 0 fully saturated rings. The molecule has 0 saturated carbocycles. The van der Waals surface area contributed by atoms with Crippen molar-refractivity contribution in [3.8, 4) is 5.88 Å². The summed E-state index contributed by atoms with van der Waals surface area (Å²) in [6.07, 6.45) is 3.89. The van der Waals surface area contributed by atoms with Gasteiger partial charge in [0.1, 0.15) is 6.61 Å². The molecule has 2 amide bonds. The Morgan fingerprint density at radius 2 is 1.69 bits per heavy atom. The number of nitrogens with zero attached hydrogens (tertiary/aromatic N) is 2. The number of hydrogen-bond acceptors (Lipinski definition) is 4. The van der Waals surface area contributed by atoms with Gasteiger partial charge in [0.25, 0.3) is 5.88 Å². The molecule has 6 nitrogen and oxygen atoms in total. The van der Waals surface area contributed by atoms with Gasteiger partial charge < -0.3 is 10.1 Å². The van der Waals surface area contributed by atoms with Crippen LogP contribution in [0.1, 0.15) is 46.6 Å². The molecule has 1 aromatic carbocycles. The van der Waals surface area contributed by atoms with Gasteiger partial charge in [0, 0.05) is 17.9 Å². The SMILES string of the molecule is CC(C)(C)CC(C)(C)NC(=O)Nc1nccnc1OCc1ccccc1. The number of amides is 2. The highest BCUT2D eigenvalue weighted by molar-refractivity contribution is 5.89. The van der Waals surface area contributed by atoms with E-state index < -0.39 is 0 Å². The summed E-state index contributed by atoms with van der Waals surface area (Å²) >= 11 is 0. The maximum atomic E-state index is 12.4. The molecular formula is C20H28N4O2. The molecule has 26 heavy (non-hydrogen) atoms. The predicted octanol–water partition coefficient (Wildman–Crippen LogP) is 4.39. The molecule has 140 valence electrons. The third-order valence-corrected chi connectivity index (χ3v) is 3.54. The first-order valence-corrected chi connectivity index (χ1v) is 8.72. The summed E-state index contributed by atoms with van der Waals surface area (Å²) in [5.74, 6) is 0.590. The number of rotatable bonds is 6. The third-order valence-electron chi connectivity index (χ3n) is 3.54. The Bertz CT molecular complexity index is 724. The summed E-state index contributed by atoms with van der Waals surface area (Å²) in [5.41, 5.74) is 0.767. The lowest BCUT2D eigenvalue weighted by Crippen LogP contribution is -2.47. The molecule has 1 heterocycles. The van der Waals surface area contributed by atoms with Gasteiger partial charge in [0.2, 0.25) is 0 Å². The van der Waals surface area contributed by atoms with Gasteiger partial charge in [-0.1, -0.05) is 51.1 Å². The van der Waals surface area contributed by atoms with E-state index in [1.165, 1.54) is 12.4 Å². The normalized spacial score (nSPS) is 11.7. The number of hydrogen-bond donors (Lipinski definition) is 2. The van der Waals surface area contributed by atoms with Gasteiger partial charge in [-0.05, 0) is 31.2 Å². The van der Waals surface area contributed by atoms with Crippen LogP contribution in [0.15, 0.2) is 42.7 Å². The van der Waals surface area contributed by atoms with E-state index in [1.54, 1.807) is 0 Å². The van der Waals surface area contributed by atoms with E-state index in [1.807, 2.05) is 44.2 Å². The summed E-state index contributed by atoms with van der Waals surface area (Å²) < 4.78 is 5.72. The minimum atomic E-state index is -0.352. The molecule has 0 saturated heterocycles. The molecule has 0 aliphatic carbocycles. The number of benzene rings is 1. The number of carbonyl (C=O) groups is 1. The number of carbonyl (C=O) groups excluding carboxylic acids is 1. The third kappa shape index (κ3) is 6.70. The second kappa shape index (κ2) is 8.17. The fraction of sp³-hybridized carbons (Fsp3) is 0.450. The van der Waals surface area contributed by atoms with Gasteiger partial charge in [-0.2, -0.15) is 0 Å². The van der Waals surface area contributed by atoms with Crippen LogP contribution in [0.5, 0.6) is 5.88 Å². The zero-order valence-corrected chi connectivity index (χ0v) is 16.2. The minimum absolute atomic E-state index is 0.104. The topological polar surface area (TPSA) is 76.1 Å². The highest BCUT2D eigenvalue weighted by Crippen LogP contribution is 2.27. The van der Waals surface area contributed by atoms with Crippen LogP contribution in [-0.4, -0.2) is 21.5 Å². The van der Waals surface area contributed by atoms with Crippen molar-refractivity contribution in [2.24, 2.45) is 5.41 Å². The van der Waals surface area contributed by atoms with E-state index in [9.17, 15) is 4.79 Å². The van der Waals surface area contributed by atoms with Gasteiger partial charge in [0.15, 0.2) is 5.82 Å². The molecule has 6 heteroatoms. The summed E-state index contributed by atoms with van der Waals surface area (Å²) in [5, 5.41) is 5.73. The van der Waals surface area contributed by atoms with E-state index in [0.29, 0.717) is 18.3 Å². The molecule has 2 N–H and O–H groups in total. The molecule has 2 aromatic rings. The van der Waals surface area contributed by atoms with Gasteiger partial charge in [0.05, 0.1) is 0 Å². The van der Waals surface area contributed by atoms with Crippen molar-refractivity contribution < 1.29 is 9.53 Å². The average molecular weight is 356 g/mol. The molecule has 0 aliphatic heterocycles. The smallest absolute Gasteiger partial charge is 0.320 e. The number of nitrogens with one attached hydrogen (secondary N) is 2. The minimum Gasteiger partial charge on any atom is -0.470 e. The molecule has 0 bridgehead atoms. The standard InChI is InChI=1S/C20H28N4O2/c1-19(2,3)14-20(4,5)24-18(25)23-16-17(22-12-11-21-16)26-13-15-9-7-6-8-10-15/h6-12H,13-14H2,1-5H3,(H2,21,23,24,25). The Kier molecular flexibility index (Phi) is 6.18. The monoisotopic (exact) mass is 356 g/mol. The Hall–Kier alpha value is -2.63. The first kappa shape index (κ1) is 19.7. The van der Waals surface area contributed by atoms with Crippen molar-refractivity contribution in [3.63, 3.8) is 0 Å². The van der Waals surface area contributed by atoms with Crippen molar-refractivity contribution in [1.29, 1.82) is 0 Å². The Morgan fingerprint density at radius 3 is 2.35 bits per heavy atom. The quantitative estimate of drug-likeness (QED) is 0.805. The fourth-order valence-electron chi connectivity index (χ4n) is 3.06. The van der Waals surface area contributed by atoms with Gasteiger partial charge in [-0.3, -0.25) is 5.32 Å². The first-order chi connectivity index (χ1) is 12.1. The van der Waals surface area contributed by atoms with E-state index in [0.717, 1.165) is 12.0 Å². The van der Waals surface area contributed by atoms with Crippen LogP contribution in [0.4, 0.5) is 10.6 Å². The molecule has 0 unspecified atom stereocenters. The summed E-state index contributed by atoms with van der Waals surface area (Å²) in [7, 11) is 0. The van der Waals surface area contributed by atoms with Crippen molar-refractivity contribution in [3.05, 3.63) is 48.3 Å². The highest BCUT2D eigenvalue weighted by atomic mass is 16.5. The maximum absolute atomic E-state index is 12.4. The van der Waals surface area contributed by atoms with Crippen LogP contribution in [-0.2, 0) is 6.61 Å². The number of aromatic nitrogens is 2. The Morgan fingerprint density at radius 1 is 1.04 bits per heavy atom. The lowest BCUT2D eigenvalue weighted by Gasteiger charge is -2.33. The van der Waals surface area contributed by atoms with Crippen molar-refractivity contribution in [2.45, 2.75) is 53.2 Å². The zero-order chi connectivity index (χ0) is 19.2. The van der Waals surface area contributed by atoms with Crippen molar-refractivity contribution in [1.82, 2.24) is 15.3 Å². The number of ether oxygens (including phenoxy) is 1. The van der Waals surface area contributed by atoms with Crippen LogP contribution in [0.3, 0.4) is 0 Å². The average Bonchev–Trinajstić information content (AvgIpc) is 2.52. The predicted molar refractivity (Wildman–Crippen MR) is 103 cm³/mol. The van der Waals surface area contributed by atoms with Gasteiger partial charge in [-0.15, -0.1) is 0 Å². The maximum Gasteiger partial charge on any atom is 0.320 e. The molecule has 0 radical (unpaired) electrons. The van der Waals surface area contributed by atoms with Crippen LogP contribution in [0.2, 0.25) is 0 Å². The molecule has 1 aromatic heterocycles. The molecule has 0 aliphatic rings. The second-order valence-corrected chi connectivity index (χ2v) is 8.18. The van der Waals surface area contributed by atoms with E-state index >= 15 is 0 Å². The molecule has 0 atom stereocenters. The van der Waals surface area contributed by atoms with Gasteiger partial charge in [-0.25, -0.2) is 14.8 Å². The lowest BCUT2D eigenvalue weighted by molar-refractivity contribution is 0.219. The Labute approximate surface area is 155 Å². The summed E-state index contributed by atoms with van der Waals surface area (Å²) in [4.78, 5) is 20.7. The van der Waals surface area contributed by atoms with E-state index in [4.69, 9.17) is 4.74 Å². The largest absolute Gasteiger partial charge is 0.470 e. The summed E-state index contributed by atoms with van der Waals surface area (Å²) in [6.45, 7) is 10.8. The molecule has 2 rings (SSSR count). The van der Waals surface area contributed by atoms with Crippen molar-refractivity contribution in [2.75, 3.05) is 5.32 Å². The number of urea groups is 1. The van der Waals surface area contributed by atoms with E-state index in [2.05, 4.69) is 41.4 Å². The van der Waals surface area contributed by atoms with Crippen molar-refractivity contribution >= 4 is 11.8 Å². The van der Waals surface area contributed by atoms with Crippen LogP contribution in [0, 0.1) is 5.41 Å². The van der Waals surface area contributed by atoms with Crippen LogP contribution in [0.25, 0.3) is 0 Å². The van der Waals surface area contributed by atoms with Gasteiger partial charge >= 0.3 is 6.03 Å². The van der Waals surface area contributed by atoms with E-state index in [-0.39, 0.29) is 17.0 Å². The lowest BCUT2D eigenvalue weighted by atomic mass is 9.82. The Balaban J connectivity index is 1.99. The van der Waals surface area contributed by atoms with Crippen LogP contribution < -0.4 is 15.4 Å². The molecule has 0 spiro atoms. The zero-order valence-electron chi connectivity index (χ0n) is 16.2. The highest BCUT2D eigenvalue weighted by Gasteiger charge is 2.27. The summed E-state index contributed by atoms with van der Waals surface area (Å²) in [6, 6.07) is 9.43. The molecular weight excluding hydrogens is 328 g/mol. The van der Waals surface area contributed by atoms with Crippen LogP contribution >= 0.6 is 0 Å². The fourth-order valence-corrected chi connectivity index (χ4v) is 3.06. The first-order valence-electron chi connectivity index (χ1n) is 8.72. The number of anilines is 1.